The molecule has 0 aromatic rings. The maximum atomic E-state index is 8.61. The largest absolute Gasteiger partial charge is 0.392 e. The summed E-state index contributed by atoms with van der Waals surface area (Å²) in [6.07, 6.45) is 3.26. The van der Waals surface area contributed by atoms with Gasteiger partial charge in [-0.1, -0.05) is 31.9 Å². The number of rotatable bonds is 3. The van der Waals surface area contributed by atoms with Crippen LogP contribution >= 0.6 is 0 Å². The highest BCUT2D eigenvalue weighted by Crippen LogP contribution is 2.05. The van der Waals surface area contributed by atoms with Gasteiger partial charge >= 0.3 is 0 Å². The molecule has 0 bridgehead atoms. The van der Waals surface area contributed by atoms with E-state index >= 15 is 0 Å². The van der Waals surface area contributed by atoms with Gasteiger partial charge in [0.1, 0.15) is 0 Å². The zero-order valence-electron chi connectivity index (χ0n) is 6.52. The summed E-state index contributed by atoms with van der Waals surface area (Å²) in [6.45, 7) is 6.45. The van der Waals surface area contributed by atoms with Crippen molar-refractivity contribution in [3.63, 3.8) is 0 Å². The molecule has 1 N–H and O–H groups in total. The van der Waals surface area contributed by atoms with Crippen molar-refractivity contribution < 1.29 is 5.11 Å². The van der Waals surface area contributed by atoms with Crippen LogP contribution in [0.25, 0.3) is 0 Å². The van der Waals surface area contributed by atoms with Crippen molar-refractivity contribution in [2.45, 2.75) is 27.2 Å². The number of hydrogen-bond donors (Lipinski definition) is 1. The minimum atomic E-state index is 0.199. The smallest absolute Gasteiger partial charge is 0.0639 e. The molecule has 54 valence electrons. The van der Waals surface area contributed by atoms with Gasteiger partial charge in [-0.25, -0.2) is 0 Å². The quantitative estimate of drug-likeness (QED) is 0.576. The molecule has 0 aromatic carbocycles. The van der Waals surface area contributed by atoms with Crippen LogP contribution in [0.2, 0.25) is 0 Å². The molecule has 0 aliphatic rings. The van der Waals surface area contributed by atoms with Gasteiger partial charge < -0.3 is 5.11 Å². The van der Waals surface area contributed by atoms with E-state index in [0.29, 0.717) is 5.92 Å². The van der Waals surface area contributed by atoms with Crippen molar-refractivity contribution in [2.75, 3.05) is 6.61 Å². The third-order valence-corrected chi connectivity index (χ3v) is 1.46. The van der Waals surface area contributed by atoms with E-state index in [9.17, 15) is 0 Å². The lowest BCUT2D eigenvalue weighted by molar-refractivity contribution is 0.330. The monoisotopic (exact) mass is 128 g/mol. The molecule has 0 fully saturated rings. The number of hydrogen-bond acceptors (Lipinski definition) is 1. The van der Waals surface area contributed by atoms with E-state index in [1.165, 1.54) is 0 Å². The molecule has 0 unspecified atom stereocenters. The van der Waals surface area contributed by atoms with Crippen molar-refractivity contribution in [2.24, 2.45) is 5.92 Å². The highest BCUT2D eigenvalue weighted by Gasteiger charge is 1.92. The summed E-state index contributed by atoms with van der Waals surface area (Å²) in [5.41, 5.74) is 1.07. The predicted molar refractivity (Wildman–Crippen MR) is 40.3 cm³/mol. The number of aliphatic hydroxyl groups excluding tert-OH is 1. The summed E-state index contributed by atoms with van der Waals surface area (Å²) in [4.78, 5) is 0. The molecule has 0 aliphatic carbocycles. The van der Waals surface area contributed by atoms with Crippen molar-refractivity contribution >= 4 is 0 Å². The predicted octanol–water partition coefficient (Wildman–Crippen LogP) is 1.97. The second-order valence-corrected chi connectivity index (χ2v) is 2.56. The Labute approximate surface area is 57.4 Å². The third kappa shape index (κ3) is 4.22. The molecule has 1 nitrogen and oxygen atoms in total. The molecule has 0 rings (SSSR count). The lowest BCUT2D eigenvalue weighted by Crippen LogP contribution is -1.90. The van der Waals surface area contributed by atoms with Gasteiger partial charge in [-0.2, -0.15) is 0 Å². The van der Waals surface area contributed by atoms with E-state index in [0.717, 1.165) is 12.0 Å². The van der Waals surface area contributed by atoms with Gasteiger partial charge in [-0.15, -0.1) is 0 Å². The standard InChI is InChI=1S/C8H16O/c1-4-7(2)5-8(3)6-9/h5,7,9H,4,6H2,1-3H3/b8-5+/t7-/m1/s1. The van der Waals surface area contributed by atoms with Gasteiger partial charge in [0, 0.05) is 0 Å². The van der Waals surface area contributed by atoms with Crippen LogP contribution in [0.5, 0.6) is 0 Å². The maximum Gasteiger partial charge on any atom is 0.0639 e. The zero-order chi connectivity index (χ0) is 7.28. The Morgan fingerprint density at radius 1 is 1.67 bits per heavy atom. The lowest BCUT2D eigenvalue weighted by atomic mass is 10.1. The van der Waals surface area contributed by atoms with Gasteiger partial charge in [0.05, 0.1) is 6.61 Å². The fraction of sp³-hybridized carbons (Fsp3) is 0.750. The molecule has 1 heteroatoms. The van der Waals surface area contributed by atoms with Crippen molar-refractivity contribution in [3.8, 4) is 0 Å². The van der Waals surface area contributed by atoms with Crippen LogP contribution in [0.1, 0.15) is 27.2 Å². The molecular weight excluding hydrogens is 112 g/mol. The van der Waals surface area contributed by atoms with Crippen molar-refractivity contribution in [1.29, 1.82) is 0 Å². The first-order valence-corrected chi connectivity index (χ1v) is 3.48. The van der Waals surface area contributed by atoms with Gasteiger partial charge in [0.15, 0.2) is 0 Å². The second kappa shape index (κ2) is 4.57. The molecule has 0 saturated carbocycles. The van der Waals surface area contributed by atoms with Gasteiger partial charge in [-0.05, 0) is 12.8 Å². The van der Waals surface area contributed by atoms with Crippen LogP contribution in [0, 0.1) is 5.92 Å². The van der Waals surface area contributed by atoms with Crippen LogP contribution in [-0.4, -0.2) is 11.7 Å². The topological polar surface area (TPSA) is 20.2 Å². The van der Waals surface area contributed by atoms with E-state index in [1.807, 2.05) is 6.92 Å². The molecule has 1 atom stereocenters. The molecule has 0 amide bonds. The Bertz CT molecular complexity index is 94.7. The molecule has 9 heavy (non-hydrogen) atoms. The average Bonchev–Trinajstić information content (AvgIpc) is 1.87. The average molecular weight is 128 g/mol. The summed E-state index contributed by atoms with van der Waals surface area (Å²) < 4.78 is 0. The van der Waals surface area contributed by atoms with E-state index in [-0.39, 0.29) is 6.61 Å². The molecule has 0 spiro atoms. The Hall–Kier alpha value is -0.300. The van der Waals surface area contributed by atoms with Crippen LogP contribution in [0.3, 0.4) is 0 Å². The Kier molecular flexibility index (Phi) is 4.41. The first-order valence-electron chi connectivity index (χ1n) is 3.48. The second-order valence-electron chi connectivity index (χ2n) is 2.56. The highest BCUT2D eigenvalue weighted by molar-refractivity contribution is 4.99. The van der Waals surface area contributed by atoms with Crippen LogP contribution in [-0.2, 0) is 0 Å². The molecular formula is C8H16O. The van der Waals surface area contributed by atoms with Crippen molar-refractivity contribution in [3.05, 3.63) is 11.6 Å². The SMILES string of the molecule is CC[C@@H](C)/C=C(\C)CO. The molecule has 0 radical (unpaired) electrons. The van der Waals surface area contributed by atoms with E-state index in [2.05, 4.69) is 19.9 Å². The molecule has 0 saturated heterocycles. The molecule has 0 heterocycles. The molecule has 0 aromatic heterocycles. The van der Waals surface area contributed by atoms with E-state index < -0.39 is 0 Å². The minimum absolute atomic E-state index is 0.199. The van der Waals surface area contributed by atoms with Crippen LogP contribution < -0.4 is 0 Å². The Morgan fingerprint density at radius 3 is 2.56 bits per heavy atom. The summed E-state index contributed by atoms with van der Waals surface area (Å²) in [5, 5.41) is 8.61. The first kappa shape index (κ1) is 8.70. The summed E-state index contributed by atoms with van der Waals surface area (Å²) in [5.74, 6) is 0.608. The van der Waals surface area contributed by atoms with Crippen LogP contribution in [0.15, 0.2) is 11.6 Å². The normalized spacial score (nSPS) is 15.8. The lowest BCUT2D eigenvalue weighted by Gasteiger charge is -2.01. The summed E-state index contributed by atoms with van der Waals surface area (Å²) >= 11 is 0. The van der Waals surface area contributed by atoms with Gasteiger partial charge in [0.25, 0.3) is 0 Å². The maximum absolute atomic E-state index is 8.61. The van der Waals surface area contributed by atoms with Gasteiger partial charge in [-0.3, -0.25) is 0 Å². The number of aliphatic hydroxyl groups is 1. The van der Waals surface area contributed by atoms with Crippen LogP contribution in [0.4, 0.5) is 0 Å². The summed E-state index contributed by atoms with van der Waals surface area (Å²) in [6, 6.07) is 0. The fourth-order valence-corrected chi connectivity index (χ4v) is 0.656. The number of allylic oxidation sites excluding steroid dienone is 1. The summed E-state index contributed by atoms with van der Waals surface area (Å²) in [7, 11) is 0. The zero-order valence-corrected chi connectivity index (χ0v) is 6.52. The van der Waals surface area contributed by atoms with Gasteiger partial charge in [0.2, 0.25) is 0 Å². The minimum Gasteiger partial charge on any atom is -0.392 e. The Morgan fingerprint density at radius 2 is 2.22 bits per heavy atom. The van der Waals surface area contributed by atoms with Crippen molar-refractivity contribution in [1.82, 2.24) is 0 Å². The van der Waals surface area contributed by atoms with E-state index in [1.54, 1.807) is 0 Å². The first-order chi connectivity index (χ1) is 4.20. The molecule has 0 aliphatic heterocycles. The highest BCUT2D eigenvalue weighted by atomic mass is 16.3. The third-order valence-electron chi connectivity index (χ3n) is 1.46. The van der Waals surface area contributed by atoms with E-state index in [4.69, 9.17) is 5.11 Å². The Balaban J connectivity index is 3.64. The fourth-order valence-electron chi connectivity index (χ4n) is 0.656.